The average molecular weight is 286 g/mol. The first kappa shape index (κ1) is 11.9. The summed E-state index contributed by atoms with van der Waals surface area (Å²) >= 11 is 1.68. The fourth-order valence-corrected chi connectivity index (χ4v) is 3.31. The Morgan fingerprint density at radius 3 is 3.10 bits per heavy atom. The molecule has 0 aromatic carbocycles. The first-order valence-electron chi connectivity index (χ1n) is 6.62. The summed E-state index contributed by atoms with van der Waals surface area (Å²) in [6.45, 7) is 1.49. The van der Waals surface area contributed by atoms with E-state index < -0.39 is 0 Å². The molecule has 1 saturated heterocycles. The molecule has 102 valence electrons. The number of nitrogens with zero attached hydrogens (tertiary/aromatic N) is 4. The molecule has 1 fully saturated rings. The number of rotatable bonds is 2. The average Bonchev–Trinajstić information content (AvgIpc) is 3.17. The van der Waals surface area contributed by atoms with Gasteiger partial charge in [0.15, 0.2) is 5.82 Å². The molecular weight excluding hydrogens is 272 g/mol. The lowest BCUT2D eigenvalue weighted by Crippen LogP contribution is -2.22. The van der Waals surface area contributed by atoms with Gasteiger partial charge in [-0.05, 0) is 23.9 Å². The monoisotopic (exact) mass is 286 g/mol. The largest absolute Gasteiger partial charge is 0.391 e. The van der Waals surface area contributed by atoms with Crippen molar-refractivity contribution < 1.29 is 5.11 Å². The summed E-state index contributed by atoms with van der Waals surface area (Å²) in [6.07, 6.45) is 4.17. The molecule has 6 heteroatoms. The number of aliphatic hydroxyl groups is 1. The van der Waals surface area contributed by atoms with Gasteiger partial charge in [0.2, 0.25) is 0 Å². The Hall–Kier alpha value is -1.92. The zero-order valence-electron chi connectivity index (χ0n) is 10.8. The molecule has 3 aromatic rings. The Morgan fingerprint density at radius 1 is 1.40 bits per heavy atom. The van der Waals surface area contributed by atoms with E-state index in [1.54, 1.807) is 17.5 Å². The highest BCUT2D eigenvalue weighted by atomic mass is 32.1. The zero-order chi connectivity index (χ0) is 13.5. The van der Waals surface area contributed by atoms with Crippen LogP contribution in [0, 0.1) is 0 Å². The van der Waals surface area contributed by atoms with Gasteiger partial charge >= 0.3 is 0 Å². The third kappa shape index (κ3) is 1.88. The van der Waals surface area contributed by atoms with Crippen molar-refractivity contribution in [2.24, 2.45) is 0 Å². The van der Waals surface area contributed by atoms with E-state index in [0.717, 1.165) is 34.9 Å². The summed E-state index contributed by atoms with van der Waals surface area (Å²) in [6, 6.07) is 6.16. The van der Waals surface area contributed by atoms with Crippen molar-refractivity contribution in [3.8, 4) is 10.6 Å². The second-order valence-electron chi connectivity index (χ2n) is 4.98. The summed E-state index contributed by atoms with van der Waals surface area (Å²) in [7, 11) is 0. The Bertz CT molecular complexity index is 737. The van der Waals surface area contributed by atoms with Crippen molar-refractivity contribution >= 4 is 22.7 Å². The van der Waals surface area contributed by atoms with Crippen LogP contribution in [-0.2, 0) is 0 Å². The molecule has 1 N–H and O–H groups in total. The topological polar surface area (TPSA) is 53.7 Å². The van der Waals surface area contributed by atoms with Crippen LogP contribution in [0.15, 0.2) is 36.0 Å². The van der Waals surface area contributed by atoms with Crippen molar-refractivity contribution in [1.29, 1.82) is 0 Å². The molecule has 0 spiro atoms. The highest BCUT2D eigenvalue weighted by Gasteiger charge is 2.23. The summed E-state index contributed by atoms with van der Waals surface area (Å²) in [5, 5.41) is 16.4. The van der Waals surface area contributed by atoms with Gasteiger partial charge < -0.3 is 10.0 Å². The van der Waals surface area contributed by atoms with E-state index in [9.17, 15) is 5.11 Å². The molecule has 5 nitrogen and oxygen atoms in total. The number of aliphatic hydroxyl groups excluding tert-OH is 1. The number of β-amino-alcohol motifs (C(OH)–C–C–N with tert-alkyl or cyclic N) is 1. The Kier molecular flexibility index (Phi) is 2.71. The van der Waals surface area contributed by atoms with Crippen LogP contribution in [0.3, 0.4) is 0 Å². The van der Waals surface area contributed by atoms with E-state index >= 15 is 0 Å². The molecule has 1 aliphatic rings. The van der Waals surface area contributed by atoms with Gasteiger partial charge in [-0.3, -0.25) is 0 Å². The molecular formula is C14H14N4OS. The highest BCUT2D eigenvalue weighted by molar-refractivity contribution is 7.13. The number of anilines is 1. The summed E-state index contributed by atoms with van der Waals surface area (Å²) in [4.78, 5) is 7.75. The van der Waals surface area contributed by atoms with Gasteiger partial charge in [-0.25, -0.2) is 9.50 Å². The predicted molar refractivity (Wildman–Crippen MR) is 79.1 cm³/mol. The van der Waals surface area contributed by atoms with Crippen LogP contribution >= 0.6 is 11.3 Å². The van der Waals surface area contributed by atoms with E-state index in [4.69, 9.17) is 0 Å². The molecule has 0 bridgehead atoms. The molecule has 4 heterocycles. The third-order valence-electron chi connectivity index (χ3n) is 3.61. The fraction of sp³-hybridized carbons (Fsp3) is 0.286. The molecule has 3 aromatic heterocycles. The lowest BCUT2D eigenvalue weighted by Gasteiger charge is -2.16. The van der Waals surface area contributed by atoms with Crippen LogP contribution in [0.2, 0.25) is 0 Å². The summed E-state index contributed by atoms with van der Waals surface area (Å²) < 4.78 is 1.86. The van der Waals surface area contributed by atoms with Crippen molar-refractivity contribution in [3.05, 3.63) is 36.0 Å². The first-order chi connectivity index (χ1) is 9.81. The number of hydrogen-bond acceptors (Lipinski definition) is 5. The molecule has 0 amide bonds. The molecule has 1 atom stereocenters. The minimum Gasteiger partial charge on any atom is -0.391 e. The number of aromatic nitrogens is 3. The Balaban J connectivity index is 1.82. The third-order valence-corrected chi connectivity index (χ3v) is 4.50. The maximum absolute atomic E-state index is 9.70. The first-order valence-corrected chi connectivity index (χ1v) is 7.50. The lowest BCUT2D eigenvalue weighted by atomic mass is 10.3. The molecule has 20 heavy (non-hydrogen) atoms. The quantitative estimate of drug-likeness (QED) is 0.783. The van der Waals surface area contributed by atoms with Gasteiger partial charge in [-0.15, -0.1) is 11.3 Å². The van der Waals surface area contributed by atoms with E-state index in [-0.39, 0.29) is 6.10 Å². The fourth-order valence-electron chi connectivity index (χ4n) is 2.63. The zero-order valence-corrected chi connectivity index (χ0v) is 11.6. The van der Waals surface area contributed by atoms with Gasteiger partial charge in [0.05, 0.1) is 11.0 Å². The molecule has 0 radical (unpaired) electrons. The summed E-state index contributed by atoms with van der Waals surface area (Å²) in [5.41, 5.74) is 1.96. The Labute approximate surface area is 120 Å². The van der Waals surface area contributed by atoms with Crippen molar-refractivity contribution in [2.45, 2.75) is 12.5 Å². The summed E-state index contributed by atoms with van der Waals surface area (Å²) in [5.74, 6) is 0.902. The van der Waals surface area contributed by atoms with Crippen LogP contribution in [0.1, 0.15) is 6.42 Å². The second-order valence-corrected chi connectivity index (χ2v) is 5.92. The van der Waals surface area contributed by atoms with Gasteiger partial charge in [-0.1, -0.05) is 6.07 Å². The van der Waals surface area contributed by atoms with Crippen molar-refractivity contribution in [3.63, 3.8) is 0 Å². The highest BCUT2D eigenvalue weighted by Crippen LogP contribution is 2.29. The maximum atomic E-state index is 9.70. The van der Waals surface area contributed by atoms with Crippen LogP contribution in [0.4, 0.5) is 5.82 Å². The van der Waals surface area contributed by atoms with Gasteiger partial charge in [0, 0.05) is 25.5 Å². The number of hydrogen-bond donors (Lipinski definition) is 1. The normalized spacial score (nSPS) is 19.1. The Morgan fingerprint density at radius 2 is 2.35 bits per heavy atom. The SMILES string of the molecule is OC1CCN(c2nccn3nc(-c4cccs4)cc23)C1. The van der Waals surface area contributed by atoms with Crippen LogP contribution in [-0.4, -0.2) is 38.9 Å². The van der Waals surface area contributed by atoms with Crippen LogP contribution in [0.25, 0.3) is 16.1 Å². The number of fused-ring (bicyclic) bond motifs is 1. The molecule has 1 unspecified atom stereocenters. The van der Waals surface area contributed by atoms with Gasteiger partial charge in [0.25, 0.3) is 0 Å². The number of thiophene rings is 1. The predicted octanol–water partition coefficient (Wildman–Crippen LogP) is 2.03. The minimum atomic E-state index is -0.253. The van der Waals surface area contributed by atoms with Gasteiger partial charge in [-0.2, -0.15) is 5.10 Å². The standard InChI is InChI=1S/C14H14N4OS/c19-10-3-5-17(9-10)14-12-8-11(13-2-1-7-20-13)16-18(12)6-4-15-14/h1-2,4,6-8,10,19H,3,5,9H2. The second kappa shape index (κ2) is 4.57. The van der Waals surface area contributed by atoms with E-state index in [1.807, 2.05) is 16.8 Å². The minimum absolute atomic E-state index is 0.253. The molecule has 0 aliphatic carbocycles. The van der Waals surface area contributed by atoms with Crippen molar-refractivity contribution in [1.82, 2.24) is 14.6 Å². The smallest absolute Gasteiger partial charge is 0.154 e. The van der Waals surface area contributed by atoms with Crippen LogP contribution in [0.5, 0.6) is 0 Å². The van der Waals surface area contributed by atoms with E-state index in [1.165, 1.54) is 0 Å². The molecule has 4 rings (SSSR count). The van der Waals surface area contributed by atoms with Crippen molar-refractivity contribution in [2.75, 3.05) is 18.0 Å². The van der Waals surface area contributed by atoms with Crippen LogP contribution < -0.4 is 4.90 Å². The molecule has 0 saturated carbocycles. The lowest BCUT2D eigenvalue weighted by molar-refractivity contribution is 0.198. The maximum Gasteiger partial charge on any atom is 0.154 e. The van der Waals surface area contributed by atoms with E-state index in [0.29, 0.717) is 6.54 Å². The van der Waals surface area contributed by atoms with Gasteiger partial charge in [0.1, 0.15) is 11.2 Å². The van der Waals surface area contributed by atoms with E-state index in [2.05, 4.69) is 32.5 Å². The molecule has 1 aliphatic heterocycles.